The second-order valence-electron chi connectivity index (χ2n) is 6.05. The molecule has 2 nitrogen and oxygen atoms in total. The van der Waals surface area contributed by atoms with Gasteiger partial charge in [0, 0.05) is 18.2 Å². The maximum absolute atomic E-state index is 13.7. The molecular weight excluding hydrogens is 260 g/mol. The predicted molar refractivity (Wildman–Crippen MR) is 73.3 cm³/mol. The zero-order valence-electron chi connectivity index (χ0n) is 11.6. The molecule has 0 radical (unpaired) electrons. The van der Waals surface area contributed by atoms with Crippen LogP contribution in [0.3, 0.4) is 0 Å². The van der Waals surface area contributed by atoms with Crippen molar-refractivity contribution in [3.05, 3.63) is 35.4 Å². The van der Waals surface area contributed by atoms with Crippen molar-refractivity contribution in [1.29, 1.82) is 0 Å². The van der Waals surface area contributed by atoms with Crippen molar-refractivity contribution in [1.82, 2.24) is 4.90 Å². The second kappa shape index (κ2) is 5.78. The lowest BCUT2D eigenvalue weighted by molar-refractivity contribution is 0.0866. The van der Waals surface area contributed by atoms with Crippen LogP contribution in [-0.2, 0) is 0 Å². The van der Waals surface area contributed by atoms with Crippen LogP contribution in [0, 0.1) is 17.6 Å². The topological polar surface area (TPSA) is 23.5 Å². The minimum Gasteiger partial charge on any atom is -0.387 e. The molecule has 0 aromatic heterocycles. The average Bonchev–Trinajstić information content (AvgIpc) is 2.85. The third-order valence-corrected chi connectivity index (χ3v) is 4.87. The van der Waals surface area contributed by atoms with Gasteiger partial charge in [-0.3, -0.25) is 4.90 Å². The first-order valence-electron chi connectivity index (χ1n) is 7.53. The first-order valence-corrected chi connectivity index (χ1v) is 7.53. The van der Waals surface area contributed by atoms with Gasteiger partial charge >= 0.3 is 0 Å². The summed E-state index contributed by atoms with van der Waals surface area (Å²) < 4.78 is 26.9. The summed E-state index contributed by atoms with van der Waals surface area (Å²) >= 11 is 0. The number of halogens is 2. The van der Waals surface area contributed by atoms with E-state index < -0.39 is 17.7 Å². The van der Waals surface area contributed by atoms with E-state index in [1.165, 1.54) is 44.2 Å². The third-order valence-electron chi connectivity index (χ3n) is 4.87. The molecule has 4 heteroatoms. The summed E-state index contributed by atoms with van der Waals surface area (Å²) in [5.41, 5.74) is 0.0734. The average molecular weight is 281 g/mol. The number of aliphatic hydroxyl groups is 1. The van der Waals surface area contributed by atoms with Crippen LogP contribution in [0.1, 0.15) is 43.8 Å². The standard InChI is InChI=1S/C16H21F2NO/c17-13-6-3-5-12(16(13)18)15(20)10-19-9-8-11-4-1-2-7-14(11)19/h3,5-6,11,14-15,20H,1-2,4,7-10H2. The molecule has 1 saturated carbocycles. The molecule has 0 bridgehead atoms. The number of likely N-dealkylation sites (tertiary alicyclic amines) is 1. The molecule has 2 fully saturated rings. The Morgan fingerprint density at radius 2 is 2.00 bits per heavy atom. The van der Waals surface area contributed by atoms with E-state index in [1.807, 2.05) is 0 Å². The van der Waals surface area contributed by atoms with E-state index in [2.05, 4.69) is 4.90 Å². The molecule has 3 atom stereocenters. The summed E-state index contributed by atoms with van der Waals surface area (Å²) in [5.74, 6) is -1.08. The number of nitrogens with zero attached hydrogens (tertiary/aromatic N) is 1. The van der Waals surface area contributed by atoms with Gasteiger partial charge in [-0.05, 0) is 37.8 Å². The van der Waals surface area contributed by atoms with Crippen LogP contribution in [0.25, 0.3) is 0 Å². The number of hydrogen-bond acceptors (Lipinski definition) is 2. The van der Waals surface area contributed by atoms with Gasteiger partial charge in [0.1, 0.15) is 0 Å². The summed E-state index contributed by atoms with van der Waals surface area (Å²) in [6.07, 6.45) is 5.20. The number of β-amino-alcohol motifs (C(OH)–C–C–N with tert-alkyl or cyclic N) is 1. The van der Waals surface area contributed by atoms with Gasteiger partial charge in [-0.25, -0.2) is 8.78 Å². The van der Waals surface area contributed by atoms with E-state index in [9.17, 15) is 13.9 Å². The molecule has 1 heterocycles. The second-order valence-corrected chi connectivity index (χ2v) is 6.05. The summed E-state index contributed by atoms with van der Waals surface area (Å²) in [5, 5.41) is 10.2. The molecule has 3 unspecified atom stereocenters. The van der Waals surface area contributed by atoms with E-state index in [0.29, 0.717) is 12.6 Å². The largest absolute Gasteiger partial charge is 0.387 e. The minimum absolute atomic E-state index is 0.0734. The Morgan fingerprint density at radius 1 is 1.20 bits per heavy atom. The van der Waals surface area contributed by atoms with E-state index in [-0.39, 0.29) is 5.56 Å². The molecule has 110 valence electrons. The van der Waals surface area contributed by atoms with Gasteiger partial charge < -0.3 is 5.11 Å². The van der Waals surface area contributed by atoms with Crippen LogP contribution in [0.5, 0.6) is 0 Å². The van der Waals surface area contributed by atoms with Gasteiger partial charge in [0.15, 0.2) is 11.6 Å². The van der Waals surface area contributed by atoms with Crippen molar-refractivity contribution in [2.75, 3.05) is 13.1 Å². The van der Waals surface area contributed by atoms with Crippen molar-refractivity contribution < 1.29 is 13.9 Å². The molecule has 1 aliphatic heterocycles. The summed E-state index contributed by atoms with van der Waals surface area (Å²) in [6, 6.07) is 4.52. The summed E-state index contributed by atoms with van der Waals surface area (Å²) in [7, 11) is 0. The van der Waals surface area contributed by atoms with Gasteiger partial charge in [-0.15, -0.1) is 0 Å². The fourth-order valence-electron chi connectivity index (χ4n) is 3.83. The van der Waals surface area contributed by atoms with E-state index in [4.69, 9.17) is 0 Å². The Bertz CT molecular complexity index is 480. The first kappa shape index (κ1) is 14.0. The van der Waals surface area contributed by atoms with Gasteiger partial charge in [-0.2, -0.15) is 0 Å². The van der Waals surface area contributed by atoms with Crippen molar-refractivity contribution in [2.24, 2.45) is 5.92 Å². The Kier molecular flexibility index (Phi) is 4.03. The molecule has 3 rings (SSSR count). The van der Waals surface area contributed by atoms with E-state index >= 15 is 0 Å². The van der Waals surface area contributed by atoms with Crippen molar-refractivity contribution in [3.63, 3.8) is 0 Å². The Balaban J connectivity index is 1.69. The van der Waals surface area contributed by atoms with Crippen LogP contribution in [0.2, 0.25) is 0 Å². The molecule has 0 spiro atoms. The number of rotatable bonds is 3. The van der Waals surface area contributed by atoms with Crippen molar-refractivity contribution in [3.8, 4) is 0 Å². The Morgan fingerprint density at radius 3 is 2.85 bits per heavy atom. The highest BCUT2D eigenvalue weighted by Crippen LogP contribution is 2.37. The molecule has 20 heavy (non-hydrogen) atoms. The van der Waals surface area contributed by atoms with Gasteiger partial charge in [0.2, 0.25) is 0 Å². The molecule has 1 aromatic rings. The van der Waals surface area contributed by atoms with Gasteiger partial charge in [0.05, 0.1) is 6.10 Å². The van der Waals surface area contributed by atoms with Crippen LogP contribution in [-0.4, -0.2) is 29.1 Å². The highest BCUT2D eigenvalue weighted by molar-refractivity contribution is 5.21. The zero-order valence-corrected chi connectivity index (χ0v) is 11.6. The Labute approximate surface area is 118 Å². The lowest BCUT2D eigenvalue weighted by atomic mass is 9.85. The zero-order chi connectivity index (χ0) is 14.1. The number of benzene rings is 1. The third kappa shape index (κ3) is 2.59. The van der Waals surface area contributed by atoms with E-state index in [1.54, 1.807) is 0 Å². The smallest absolute Gasteiger partial charge is 0.164 e. The lowest BCUT2D eigenvalue weighted by Crippen LogP contribution is -2.37. The summed E-state index contributed by atoms with van der Waals surface area (Å²) in [4.78, 5) is 2.26. The Hall–Kier alpha value is -1.00. The normalized spacial score (nSPS) is 28.4. The molecule has 1 aromatic carbocycles. The maximum Gasteiger partial charge on any atom is 0.164 e. The molecule has 0 amide bonds. The SMILES string of the molecule is OC(CN1CCC2CCCCC21)c1cccc(F)c1F. The quantitative estimate of drug-likeness (QED) is 0.919. The fourth-order valence-corrected chi connectivity index (χ4v) is 3.83. The maximum atomic E-state index is 13.7. The molecular formula is C16H21F2NO. The summed E-state index contributed by atoms with van der Waals surface area (Å²) in [6.45, 7) is 1.37. The number of hydrogen-bond donors (Lipinski definition) is 1. The van der Waals surface area contributed by atoms with Crippen LogP contribution in [0.15, 0.2) is 18.2 Å². The molecule has 2 aliphatic rings. The van der Waals surface area contributed by atoms with E-state index in [0.717, 1.165) is 18.5 Å². The van der Waals surface area contributed by atoms with Crippen LogP contribution in [0.4, 0.5) is 8.78 Å². The molecule has 1 aliphatic carbocycles. The van der Waals surface area contributed by atoms with Crippen molar-refractivity contribution in [2.45, 2.75) is 44.2 Å². The number of aliphatic hydroxyl groups excluding tert-OH is 1. The monoisotopic (exact) mass is 281 g/mol. The van der Waals surface area contributed by atoms with Gasteiger partial charge in [0.25, 0.3) is 0 Å². The van der Waals surface area contributed by atoms with Crippen LogP contribution >= 0.6 is 0 Å². The fraction of sp³-hybridized carbons (Fsp3) is 0.625. The number of fused-ring (bicyclic) bond motifs is 1. The molecule has 1 saturated heterocycles. The van der Waals surface area contributed by atoms with Gasteiger partial charge in [-0.1, -0.05) is 25.0 Å². The molecule has 1 N–H and O–H groups in total. The highest BCUT2D eigenvalue weighted by atomic mass is 19.2. The predicted octanol–water partition coefficient (Wildman–Crippen LogP) is 3.26. The first-order chi connectivity index (χ1) is 9.66. The highest BCUT2D eigenvalue weighted by Gasteiger charge is 2.36. The van der Waals surface area contributed by atoms with Crippen LogP contribution < -0.4 is 0 Å². The lowest BCUT2D eigenvalue weighted by Gasteiger charge is -2.33. The minimum atomic E-state index is -0.952. The van der Waals surface area contributed by atoms with Crippen molar-refractivity contribution >= 4 is 0 Å².